The Morgan fingerprint density at radius 1 is 0.939 bits per heavy atom. The second kappa shape index (κ2) is 10.3. The number of sulfonamides is 1. The highest BCUT2D eigenvalue weighted by molar-refractivity contribution is 7.89. The van der Waals surface area contributed by atoms with E-state index in [1.807, 2.05) is 12.1 Å². The number of rotatable bonds is 7. The van der Waals surface area contributed by atoms with Crippen molar-refractivity contribution in [2.45, 2.75) is 11.3 Å². The SMILES string of the molecule is O=C(/C=C/c1cccc(S(=O)(=O)N2CCN(CCc3ccc4ccccc4c3)CC2)c1)NO. The number of carbonyl (C=O) groups is 1. The van der Waals surface area contributed by atoms with E-state index in [4.69, 9.17) is 5.21 Å². The Morgan fingerprint density at radius 2 is 1.70 bits per heavy atom. The van der Waals surface area contributed by atoms with Gasteiger partial charge in [-0.2, -0.15) is 4.31 Å². The molecule has 0 unspecified atom stereocenters. The number of benzene rings is 3. The molecular weight excluding hydrogens is 438 g/mol. The molecule has 3 aromatic carbocycles. The lowest BCUT2D eigenvalue weighted by Gasteiger charge is -2.34. The lowest BCUT2D eigenvalue weighted by Crippen LogP contribution is -2.49. The van der Waals surface area contributed by atoms with Gasteiger partial charge in [0, 0.05) is 38.8 Å². The molecule has 4 rings (SSSR count). The van der Waals surface area contributed by atoms with Gasteiger partial charge in [-0.1, -0.05) is 54.6 Å². The molecule has 3 aromatic rings. The molecule has 0 atom stereocenters. The highest BCUT2D eigenvalue weighted by Gasteiger charge is 2.28. The lowest BCUT2D eigenvalue weighted by atomic mass is 10.0. The monoisotopic (exact) mass is 465 g/mol. The highest BCUT2D eigenvalue weighted by atomic mass is 32.2. The van der Waals surface area contributed by atoms with Gasteiger partial charge in [0.2, 0.25) is 10.0 Å². The molecule has 0 bridgehead atoms. The molecule has 2 N–H and O–H groups in total. The van der Waals surface area contributed by atoms with Crippen LogP contribution in [0.5, 0.6) is 0 Å². The summed E-state index contributed by atoms with van der Waals surface area (Å²) >= 11 is 0. The fraction of sp³-hybridized carbons (Fsp3) is 0.240. The van der Waals surface area contributed by atoms with Crippen molar-refractivity contribution in [3.8, 4) is 0 Å². The zero-order chi connectivity index (χ0) is 23.3. The Bertz CT molecular complexity index is 1270. The number of nitrogens with one attached hydrogen (secondary N) is 1. The third kappa shape index (κ3) is 5.66. The number of hydrogen-bond acceptors (Lipinski definition) is 5. The molecule has 1 saturated heterocycles. The molecule has 0 saturated carbocycles. The smallest absolute Gasteiger partial charge is 0.267 e. The van der Waals surface area contributed by atoms with E-state index in [-0.39, 0.29) is 4.90 Å². The van der Waals surface area contributed by atoms with Crippen LogP contribution in [-0.2, 0) is 21.2 Å². The third-order valence-electron chi connectivity index (χ3n) is 5.90. The van der Waals surface area contributed by atoms with Crippen LogP contribution in [0.3, 0.4) is 0 Å². The third-order valence-corrected chi connectivity index (χ3v) is 7.79. The van der Waals surface area contributed by atoms with Crippen molar-refractivity contribution in [1.29, 1.82) is 0 Å². The van der Waals surface area contributed by atoms with Gasteiger partial charge in [0.05, 0.1) is 4.90 Å². The first-order valence-electron chi connectivity index (χ1n) is 10.9. The number of amides is 1. The van der Waals surface area contributed by atoms with Crippen molar-refractivity contribution < 1.29 is 18.4 Å². The Labute approximate surface area is 193 Å². The Morgan fingerprint density at radius 3 is 2.45 bits per heavy atom. The predicted octanol–water partition coefficient (Wildman–Crippen LogP) is 2.91. The maximum Gasteiger partial charge on any atom is 0.267 e. The quantitative estimate of drug-likeness (QED) is 0.318. The lowest BCUT2D eigenvalue weighted by molar-refractivity contribution is -0.124. The van der Waals surface area contributed by atoms with Crippen LogP contribution < -0.4 is 5.48 Å². The average Bonchev–Trinajstić information content (AvgIpc) is 2.86. The van der Waals surface area contributed by atoms with Crippen molar-refractivity contribution in [3.05, 3.63) is 83.9 Å². The van der Waals surface area contributed by atoms with Crippen LogP contribution in [0.25, 0.3) is 16.8 Å². The summed E-state index contributed by atoms with van der Waals surface area (Å²) in [6, 6.07) is 21.3. The minimum atomic E-state index is -3.62. The van der Waals surface area contributed by atoms with Crippen molar-refractivity contribution in [2.75, 3.05) is 32.7 Å². The molecule has 0 aliphatic carbocycles. The minimum absolute atomic E-state index is 0.193. The van der Waals surface area contributed by atoms with Crippen molar-refractivity contribution in [2.24, 2.45) is 0 Å². The molecule has 8 heteroatoms. The molecule has 33 heavy (non-hydrogen) atoms. The van der Waals surface area contributed by atoms with Gasteiger partial charge in [0.25, 0.3) is 5.91 Å². The summed E-state index contributed by atoms with van der Waals surface area (Å²) in [5, 5.41) is 11.0. The number of hydrogen-bond donors (Lipinski definition) is 2. The second-order valence-electron chi connectivity index (χ2n) is 8.06. The van der Waals surface area contributed by atoms with Gasteiger partial charge < -0.3 is 4.90 Å². The van der Waals surface area contributed by atoms with Gasteiger partial charge in [0.15, 0.2) is 0 Å². The molecule has 0 spiro atoms. The highest BCUT2D eigenvalue weighted by Crippen LogP contribution is 2.20. The summed E-state index contributed by atoms with van der Waals surface area (Å²) in [4.78, 5) is 13.7. The van der Waals surface area contributed by atoms with Crippen LogP contribution in [0.4, 0.5) is 0 Å². The van der Waals surface area contributed by atoms with E-state index in [9.17, 15) is 13.2 Å². The summed E-state index contributed by atoms with van der Waals surface area (Å²) in [6.45, 7) is 3.13. The van der Waals surface area contributed by atoms with E-state index in [0.29, 0.717) is 31.7 Å². The van der Waals surface area contributed by atoms with Crippen molar-refractivity contribution >= 4 is 32.8 Å². The van der Waals surface area contributed by atoms with Gasteiger partial charge in [0.1, 0.15) is 0 Å². The molecule has 172 valence electrons. The first-order valence-corrected chi connectivity index (χ1v) is 12.3. The molecule has 7 nitrogen and oxygen atoms in total. The van der Waals surface area contributed by atoms with Gasteiger partial charge in [-0.3, -0.25) is 10.0 Å². The van der Waals surface area contributed by atoms with Gasteiger partial charge in [-0.15, -0.1) is 0 Å². The zero-order valence-corrected chi connectivity index (χ0v) is 19.0. The minimum Gasteiger partial charge on any atom is -0.300 e. The number of hydroxylamine groups is 1. The molecule has 0 radical (unpaired) electrons. The van der Waals surface area contributed by atoms with Crippen molar-refractivity contribution in [3.63, 3.8) is 0 Å². The van der Waals surface area contributed by atoms with Crippen LogP contribution >= 0.6 is 0 Å². The van der Waals surface area contributed by atoms with Crippen LogP contribution in [0.1, 0.15) is 11.1 Å². The van der Waals surface area contributed by atoms with Crippen molar-refractivity contribution in [1.82, 2.24) is 14.7 Å². The summed E-state index contributed by atoms with van der Waals surface area (Å²) in [7, 11) is -3.62. The maximum atomic E-state index is 13.1. The standard InChI is InChI=1S/C25H27N3O4S/c29-25(26-30)11-9-20-4-3-7-24(19-20)33(31,32)28-16-14-27(15-17-28)13-12-21-8-10-22-5-1-2-6-23(22)18-21/h1-11,18-19,30H,12-17H2,(H,26,29)/b11-9+. The van der Waals surface area contributed by atoms with E-state index in [2.05, 4.69) is 35.2 Å². The Balaban J connectivity index is 1.34. The zero-order valence-electron chi connectivity index (χ0n) is 18.2. The Hall–Kier alpha value is -3.04. The van der Waals surface area contributed by atoms with E-state index in [1.54, 1.807) is 18.2 Å². The summed E-state index contributed by atoms with van der Waals surface area (Å²) < 4.78 is 27.7. The Kier molecular flexibility index (Phi) is 7.20. The fourth-order valence-electron chi connectivity index (χ4n) is 4.01. The van der Waals surface area contributed by atoms with Crippen LogP contribution in [-0.4, -0.2) is 61.5 Å². The van der Waals surface area contributed by atoms with E-state index >= 15 is 0 Å². The molecule has 1 amide bonds. The molecule has 1 heterocycles. The number of piperazine rings is 1. The molecule has 0 aromatic heterocycles. The number of fused-ring (bicyclic) bond motifs is 1. The van der Waals surface area contributed by atoms with Crippen LogP contribution in [0.2, 0.25) is 0 Å². The number of carbonyl (C=O) groups excluding carboxylic acids is 1. The van der Waals surface area contributed by atoms with Crippen LogP contribution in [0, 0.1) is 0 Å². The second-order valence-corrected chi connectivity index (χ2v) is 10.00. The molecular formula is C25H27N3O4S. The largest absolute Gasteiger partial charge is 0.300 e. The van der Waals surface area contributed by atoms with Gasteiger partial charge >= 0.3 is 0 Å². The van der Waals surface area contributed by atoms with Crippen LogP contribution in [0.15, 0.2) is 77.7 Å². The topological polar surface area (TPSA) is 90.0 Å². The molecule has 1 aliphatic rings. The number of nitrogens with zero attached hydrogens (tertiary/aromatic N) is 2. The normalized spacial score (nSPS) is 15.8. The first kappa shape index (κ1) is 23.1. The van der Waals surface area contributed by atoms with Gasteiger partial charge in [-0.25, -0.2) is 13.9 Å². The van der Waals surface area contributed by atoms with E-state index in [0.717, 1.165) is 19.0 Å². The summed E-state index contributed by atoms with van der Waals surface area (Å²) in [5.41, 5.74) is 3.35. The van der Waals surface area contributed by atoms with Gasteiger partial charge in [-0.05, 0) is 46.5 Å². The van der Waals surface area contributed by atoms with E-state index in [1.165, 1.54) is 38.3 Å². The first-order chi connectivity index (χ1) is 16.0. The van der Waals surface area contributed by atoms with E-state index < -0.39 is 15.9 Å². The summed E-state index contributed by atoms with van der Waals surface area (Å²) in [6.07, 6.45) is 3.52. The average molecular weight is 466 g/mol. The maximum absolute atomic E-state index is 13.1. The molecule has 1 aliphatic heterocycles. The fourth-order valence-corrected chi connectivity index (χ4v) is 5.49. The molecule has 1 fully saturated rings. The predicted molar refractivity (Wildman–Crippen MR) is 128 cm³/mol. The summed E-state index contributed by atoms with van der Waals surface area (Å²) in [5.74, 6) is -0.678.